The molecule has 1 aliphatic heterocycles. The monoisotopic (exact) mass is 415 g/mol. The van der Waals surface area contributed by atoms with E-state index in [1.165, 1.54) is 4.90 Å². The summed E-state index contributed by atoms with van der Waals surface area (Å²) in [5, 5.41) is -0.246. The Labute approximate surface area is 180 Å². The largest absolute Gasteiger partial charge is 0.489 e. The number of amides is 2. The Morgan fingerprint density at radius 2 is 1.67 bits per heavy atom. The Morgan fingerprint density at radius 1 is 0.900 bits per heavy atom. The van der Waals surface area contributed by atoms with Crippen LogP contribution in [0.2, 0.25) is 0 Å². The number of hydrogen-bond donors (Lipinski definition) is 0. The third-order valence-electron chi connectivity index (χ3n) is 4.70. The van der Waals surface area contributed by atoms with E-state index in [9.17, 15) is 9.59 Å². The van der Waals surface area contributed by atoms with Crippen molar-refractivity contribution in [1.82, 2.24) is 4.90 Å². The van der Waals surface area contributed by atoms with Gasteiger partial charge in [0.05, 0.1) is 11.4 Å². The molecule has 4 rings (SSSR count). The topological polar surface area (TPSA) is 46.6 Å². The van der Waals surface area contributed by atoms with Crippen LogP contribution in [0.4, 0.5) is 4.79 Å². The molecule has 5 heteroatoms. The molecule has 0 radical (unpaired) electrons. The Balaban J connectivity index is 1.46. The molecule has 1 heterocycles. The Bertz CT molecular complexity index is 1110. The number of aryl methyl sites for hydroxylation is 1. The Morgan fingerprint density at radius 3 is 2.47 bits per heavy atom. The maximum Gasteiger partial charge on any atom is 0.293 e. The zero-order valence-electron chi connectivity index (χ0n) is 16.6. The van der Waals surface area contributed by atoms with Crippen LogP contribution in [0.1, 0.15) is 22.3 Å². The summed E-state index contributed by atoms with van der Waals surface area (Å²) in [6.07, 6.45) is 1.75. The first-order valence-corrected chi connectivity index (χ1v) is 10.5. The lowest BCUT2D eigenvalue weighted by Crippen LogP contribution is -2.27. The Kier molecular flexibility index (Phi) is 6.00. The lowest BCUT2D eigenvalue weighted by Gasteiger charge is -2.12. The van der Waals surface area contributed by atoms with Gasteiger partial charge in [0.25, 0.3) is 11.1 Å². The molecule has 150 valence electrons. The number of imide groups is 1. The standard InChI is InChI=1S/C25H21NO3S/c1-18-7-5-11-21(13-18)16-26-24(27)23(30-25(26)28)15-20-10-6-12-22(14-20)29-17-19-8-3-2-4-9-19/h2-15H,16-17H2,1H3/b23-15+. The summed E-state index contributed by atoms with van der Waals surface area (Å²) < 4.78 is 5.86. The van der Waals surface area contributed by atoms with Crippen LogP contribution < -0.4 is 4.74 Å². The van der Waals surface area contributed by atoms with Crippen LogP contribution in [0.25, 0.3) is 6.08 Å². The minimum Gasteiger partial charge on any atom is -0.489 e. The molecule has 0 atom stereocenters. The van der Waals surface area contributed by atoms with Crippen molar-refractivity contribution in [2.75, 3.05) is 0 Å². The van der Waals surface area contributed by atoms with Gasteiger partial charge in [-0.15, -0.1) is 0 Å². The molecule has 1 fully saturated rings. The molecule has 0 bridgehead atoms. The van der Waals surface area contributed by atoms with Gasteiger partial charge in [-0.05, 0) is 53.6 Å². The number of rotatable bonds is 6. The van der Waals surface area contributed by atoms with E-state index in [0.717, 1.165) is 34.0 Å². The van der Waals surface area contributed by atoms with Crippen LogP contribution in [0.5, 0.6) is 5.75 Å². The molecule has 3 aromatic carbocycles. The van der Waals surface area contributed by atoms with Gasteiger partial charge in [0, 0.05) is 0 Å². The summed E-state index contributed by atoms with van der Waals surface area (Å²) >= 11 is 0.974. The first-order chi connectivity index (χ1) is 14.6. The van der Waals surface area contributed by atoms with E-state index in [1.807, 2.05) is 85.8 Å². The van der Waals surface area contributed by atoms with Gasteiger partial charge >= 0.3 is 0 Å². The highest BCUT2D eigenvalue weighted by Gasteiger charge is 2.34. The predicted octanol–water partition coefficient (Wildman–Crippen LogP) is 5.81. The van der Waals surface area contributed by atoms with Crippen LogP contribution in [-0.4, -0.2) is 16.0 Å². The summed E-state index contributed by atoms with van der Waals surface area (Å²) in [5.41, 5.74) is 3.94. The van der Waals surface area contributed by atoms with E-state index in [-0.39, 0.29) is 17.7 Å². The van der Waals surface area contributed by atoms with Gasteiger partial charge in [-0.3, -0.25) is 14.5 Å². The number of carbonyl (C=O) groups is 2. The molecular weight excluding hydrogens is 394 g/mol. The molecule has 0 aliphatic carbocycles. The molecule has 1 saturated heterocycles. The van der Waals surface area contributed by atoms with E-state index in [0.29, 0.717) is 17.3 Å². The molecule has 0 aromatic heterocycles. The molecule has 1 aliphatic rings. The smallest absolute Gasteiger partial charge is 0.293 e. The number of ether oxygens (including phenoxy) is 1. The average molecular weight is 416 g/mol. The molecule has 0 saturated carbocycles. The van der Waals surface area contributed by atoms with Crippen molar-refractivity contribution < 1.29 is 14.3 Å². The molecule has 4 nitrogen and oxygen atoms in total. The number of nitrogens with zero attached hydrogens (tertiary/aromatic N) is 1. The summed E-state index contributed by atoms with van der Waals surface area (Å²) in [6.45, 7) is 2.74. The maximum atomic E-state index is 12.8. The van der Waals surface area contributed by atoms with Gasteiger partial charge < -0.3 is 4.74 Å². The third-order valence-corrected chi connectivity index (χ3v) is 5.61. The predicted molar refractivity (Wildman–Crippen MR) is 120 cm³/mol. The highest BCUT2D eigenvalue weighted by molar-refractivity contribution is 8.18. The molecule has 0 spiro atoms. The minimum atomic E-state index is -0.262. The lowest BCUT2D eigenvalue weighted by atomic mass is 10.1. The zero-order valence-corrected chi connectivity index (χ0v) is 17.4. The summed E-state index contributed by atoms with van der Waals surface area (Å²) in [7, 11) is 0. The number of thioether (sulfide) groups is 1. The maximum absolute atomic E-state index is 12.8. The van der Waals surface area contributed by atoms with Crippen LogP contribution >= 0.6 is 11.8 Å². The first-order valence-electron chi connectivity index (χ1n) is 9.66. The Hall–Kier alpha value is -3.31. The van der Waals surface area contributed by atoms with Gasteiger partial charge in [-0.25, -0.2) is 0 Å². The van der Waals surface area contributed by atoms with Crippen molar-refractivity contribution in [1.29, 1.82) is 0 Å². The summed E-state index contributed by atoms with van der Waals surface area (Å²) in [6, 6.07) is 25.3. The van der Waals surface area contributed by atoms with Crippen molar-refractivity contribution in [2.24, 2.45) is 0 Å². The lowest BCUT2D eigenvalue weighted by molar-refractivity contribution is -0.123. The molecule has 30 heavy (non-hydrogen) atoms. The van der Waals surface area contributed by atoms with E-state index in [2.05, 4.69) is 0 Å². The second-order valence-electron chi connectivity index (χ2n) is 7.10. The molecule has 2 amide bonds. The van der Waals surface area contributed by atoms with E-state index in [4.69, 9.17) is 4.74 Å². The quantitative estimate of drug-likeness (QED) is 0.477. The van der Waals surface area contributed by atoms with Gasteiger partial charge in [-0.2, -0.15) is 0 Å². The highest BCUT2D eigenvalue weighted by Crippen LogP contribution is 2.33. The van der Waals surface area contributed by atoms with Gasteiger partial charge in [-0.1, -0.05) is 72.3 Å². The highest BCUT2D eigenvalue weighted by atomic mass is 32.2. The van der Waals surface area contributed by atoms with Crippen molar-refractivity contribution >= 4 is 29.0 Å². The summed E-state index contributed by atoms with van der Waals surface area (Å²) in [4.78, 5) is 26.9. The fraction of sp³-hybridized carbons (Fsp3) is 0.120. The molecule has 3 aromatic rings. The van der Waals surface area contributed by atoms with E-state index < -0.39 is 0 Å². The van der Waals surface area contributed by atoms with Crippen molar-refractivity contribution in [3.63, 3.8) is 0 Å². The second-order valence-corrected chi connectivity index (χ2v) is 8.10. The SMILES string of the molecule is Cc1cccc(CN2C(=O)S/C(=C/c3cccc(OCc4ccccc4)c3)C2=O)c1. The minimum absolute atomic E-state index is 0.246. The van der Waals surface area contributed by atoms with Crippen LogP contribution in [0.3, 0.4) is 0 Å². The normalized spacial score (nSPS) is 15.1. The van der Waals surface area contributed by atoms with Crippen molar-refractivity contribution in [2.45, 2.75) is 20.1 Å². The van der Waals surface area contributed by atoms with E-state index in [1.54, 1.807) is 6.08 Å². The fourth-order valence-electron chi connectivity index (χ4n) is 3.22. The van der Waals surface area contributed by atoms with Gasteiger partial charge in [0.15, 0.2) is 0 Å². The van der Waals surface area contributed by atoms with Crippen LogP contribution in [0, 0.1) is 6.92 Å². The average Bonchev–Trinajstić information content (AvgIpc) is 3.01. The molecule has 0 unspecified atom stereocenters. The second kappa shape index (κ2) is 9.01. The fourth-order valence-corrected chi connectivity index (χ4v) is 4.05. The van der Waals surface area contributed by atoms with E-state index >= 15 is 0 Å². The summed E-state index contributed by atoms with van der Waals surface area (Å²) in [5.74, 6) is 0.453. The van der Waals surface area contributed by atoms with Crippen LogP contribution in [-0.2, 0) is 17.9 Å². The van der Waals surface area contributed by atoms with Gasteiger partial charge in [0.1, 0.15) is 12.4 Å². The van der Waals surface area contributed by atoms with Crippen molar-refractivity contribution in [3.05, 3.63) is 106 Å². The van der Waals surface area contributed by atoms with Gasteiger partial charge in [0.2, 0.25) is 0 Å². The third kappa shape index (κ3) is 4.81. The number of carbonyl (C=O) groups excluding carboxylic acids is 2. The zero-order chi connectivity index (χ0) is 20.9. The number of hydrogen-bond acceptors (Lipinski definition) is 4. The number of benzene rings is 3. The molecular formula is C25H21NO3S. The van der Waals surface area contributed by atoms with Crippen molar-refractivity contribution in [3.8, 4) is 5.75 Å². The van der Waals surface area contributed by atoms with Crippen LogP contribution in [0.15, 0.2) is 83.8 Å². The molecule has 0 N–H and O–H groups in total. The first kappa shape index (κ1) is 20.0.